The molecular formula is C31H47N3O4. The van der Waals surface area contributed by atoms with Crippen LogP contribution in [0.2, 0.25) is 0 Å². The summed E-state index contributed by atoms with van der Waals surface area (Å²) in [5.74, 6) is -2.06. The van der Waals surface area contributed by atoms with E-state index in [0.29, 0.717) is 17.8 Å². The summed E-state index contributed by atoms with van der Waals surface area (Å²) in [5, 5.41) is 12.3. The van der Waals surface area contributed by atoms with Crippen molar-refractivity contribution in [3.8, 4) is 5.69 Å². The van der Waals surface area contributed by atoms with E-state index in [-0.39, 0.29) is 17.9 Å². The Morgan fingerprint density at radius 3 is 2.03 bits per heavy atom. The lowest BCUT2D eigenvalue weighted by molar-refractivity contribution is -0.143. The smallest absolute Gasteiger partial charge is 0.307 e. The van der Waals surface area contributed by atoms with Gasteiger partial charge < -0.3 is 10.4 Å². The molecule has 0 spiro atoms. The van der Waals surface area contributed by atoms with Crippen LogP contribution >= 0.6 is 0 Å². The number of aryl methyl sites for hydroxylation is 1. The number of carbonyl (C=O) groups excluding carboxylic acids is 1. The number of carbonyl (C=O) groups is 2. The molecule has 2 N–H and O–H groups in total. The number of nitrogens with zero attached hydrogens (tertiary/aromatic N) is 2. The second-order valence-electron chi connectivity index (χ2n) is 10.3. The predicted octanol–water partition coefficient (Wildman–Crippen LogP) is 7.16. The van der Waals surface area contributed by atoms with E-state index in [9.17, 15) is 19.5 Å². The molecule has 1 heterocycles. The highest BCUT2D eigenvalue weighted by atomic mass is 16.4. The largest absolute Gasteiger partial charge is 0.481 e. The van der Waals surface area contributed by atoms with E-state index in [1.807, 2.05) is 26.1 Å². The van der Waals surface area contributed by atoms with Crippen LogP contribution in [-0.2, 0) is 16.6 Å². The number of aliphatic carboxylic acids is 1. The monoisotopic (exact) mass is 525 g/mol. The number of nitrogens with one attached hydrogen (secondary N) is 1. The van der Waals surface area contributed by atoms with Crippen molar-refractivity contribution in [3.63, 3.8) is 0 Å². The van der Waals surface area contributed by atoms with Crippen LogP contribution in [-0.4, -0.2) is 26.3 Å². The Hall–Kier alpha value is -3.09. The minimum Gasteiger partial charge on any atom is -0.481 e. The molecule has 1 aromatic heterocycles. The van der Waals surface area contributed by atoms with Crippen molar-refractivity contribution in [1.82, 2.24) is 9.36 Å². The summed E-state index contributed by atoms with van der Waals surface area (Å²) in [6.45, 7) is 4.11. The summed E-state index contributed by atoms with van der Waals surface area (Å²) in [5.41, 5.74) is 1.98. The van der Waals surface area contributed by atoms with Gasteiger partial charge in [-0.15, -0.1) is 0 Å². The van der Waals surface area contributed by atoms with Crippen LogP contribution in [0.5, 0.6) is 0 Å². The number of allylic oxidation sites excluding steroid dienone is 2. The van der Waals surface area contributed by atoms with Crippen molar-refractivity contribution in [3.05, 3.63) is 58.5 Å². The first kappa shape index (κ1) is 31.1. The second-order valence-corrected chi connectivity index (χ2v) is 10.3. The van der Waals surface area contributed by atoms with Gasteiger partial charge in [0, 0.05) is 30.9 Å². The number of anilines is 1. The Kier molecular flexibility index (Phi) is 14.3. The van der Waals surface area contributed by atoms with Gasteiger partial charge in [0.15, 0.2) is 0 Å². The minimum absolute atomic E-state index is 0.0870. The molecule has 0 bridgehead atoms. The molecule has 0 aliphatic heterocycles. The first-order valence-electron chi connectivity index (χ1n) is 14.4. The fourth-order valence-electron chi connectivity index (χ4n) is 4.64. The third-order valence-corrected chi connectivity index (χ3v) is 7.09. The van der Waals surface area contributed by atoms with Crippen LogP contribution in [0.3, 0.4) is 0 Å². The van der Waals surface area contributed by atoms with E-state index in [2.05, 4.69) is 12.2 Å². The Morgan fingerprint density at radius 2 is 1.50 bits per heavy atom. The topological polar surface area (TPSA) is 93.3 Å². The van der Waals surface area contributed by atoms with Crippen molar-refractivity contribution in [2.75, 3.05) is 5.32 Å². The molecule has 1 atom stereocenters. The van der Waals surface area contributed by atoms with Crippen molar-refractivity contribution >= 4 is 17.6 Å². The van der Waals surface area contributed by atoms with Gasteiger partial charge in [0.1, 0.15) is 0 Å². The van der Waals surface area contributed by atoms with Crippen LogP contribution in [0.1, 0.15) is 103 Å². The highest BCUT2D eigenvalue weighted by Gasteiger charge is 2.20. The molecule has 1 aromatic carbocycles. The van der Waals surface area contributed by atoms with Crippen LogP contribution < -0.4 is 10.9 Å². The molecule has 1 amide bonds. The van der Waals surface area contributed by atoms with Gasteiger partial charge in [0.05, 0.1) is 11.6 Å². The quantitative estimate of drug-likeness (QED) is 0.150. The molecule has 7 nitrogen and oxygen atoms in total. The van der Waals surface area contributed by atoms with Gasteiger partial charge in [-0.05, 0) is 50.5 Å². The van der Waals surface area contributed by atoms with Crippen LogP contribution in [0.15, 0.2) is 47.3 Å². The Labute approximate surface area is 227 Å². The molecule has 2 rings (SSSR count). The number of aromatic nitrogens is 2. The van der Waals surface area contributed by atoms with Gasteiger partial charge in [0.2, 0.25) is 5.91 Å². The Balaban J connectivity index is 1.66. The van der Waals surface area contributed by atoms with E-state index in [0.717, 1.165) is 18.5 Å². The molecule has 1 unspecified atom stereocenters. The highest BCUT2D eigenvalue weighted by Crippen LogP contribution is 2.17. The van der Waals surface area contributed by atoms with Crippen molar-refractivity contribution in [2.24, 2.45) is 13.0 Å². The predicted molar refractivity (Wildman–Crippen MR) is 155 cm³/mol. The number of benzene rings is 1. The molecule has 7 heteroatoms. The summed E-state index contributed by atoms with van der Waals surface area (Å²) < 4.78 is 3.31. The zero-order valence-corrected chi connectivity index (χ0v) is 23.6. The zero-order valence-electron chi connectivity index (χ0n) is 23.6. The van der Waals surface area contributed by atoms with Gasteiger partial charge in [0.25, 0.3) is 5.56 Å². The number of unbranched alkanes of at least 4 members (excludes halogenated alkanes) is 11. The molecule has 2 aromatic rings. The maximum atomic E-state index is 12.5. The Bertz CT molecular complexity index is 1070. The van der Waals surface area contributed by atoms with E-state index < -0.39 is 11.9 Å². The van der Waals surface area contributed by atoms with Crippen LogP contribution in [0.4, 0.5) is 5.69 Å². The SMILES string of the molecule is CCCCCCCCCCCCC/C=C/CC(CC(=O)Nc1ccc(-n2c(=O)cc(C)n2C)cc1)C(=O)O. The van der Waals surface area contributed by atoms with E-state index >= 15 is 0 Å². The Morgan fingerprint density at radius 1 is 0.921 bits per heavy atom. The molecule has 0 fully saturated rings. The fraction of sp³-hybridized carbons (Fsp3) is 0.581. The summed E-state index contributed by atoms with van der Waals surface area (Å²) in [6, 6.07) is 8.50. The van der Waals surface area contributed by atoms with E-state index in [1.165, 1.54) is 64.2 Å². The molecule has 0 radical (unpaired) electrons. The molecule has 0 saturated carbocycles. The number of carboxylic acids is 1. The van der Waals surface area contributed by atoms with Gasteiger partial charge >= 0.3 is 5.97 Å². The normalized spacial score (nSPS) is 12.2. The van der Waals surface area contributed by atoms with E-state index in [4.69, 9.17) is 0 Å². The molecule has 0 saturated heterocycles. The number of hydrogen-bond donors (Lipinski definition) is 2. The third-order valence-electron chi connectivity index (χ3n) is 7.09. The second kappa shape index (κ2) is 17.4. The van der Waals surface area contributed by atoms with Crippen LogP contribution in [0.25, 0.3) is 5.69 Å². The van der Waals surface area contributed by atoms with Crippen molar-refractivity contribution in [2.45, 2.75) is 104 Å². The highest BCUT2D eigenvalue weighted by molar-refractivity contribution is 5.93. The zero-order chi connectivity index (χ0) is 27.8. The summed E-state index contributed by atoms with van der Waals surface area (Å²) in [6.07, 6.45) is 19.5. The summed E-state index contributed by atoms with van der Waals surface area (Å²) >= 11 is 0. The van der Waals surface area contributed by atoms with Gasteiger partial charge in [-0.3, -0.25) is 19.1 Å². The number of carboxylic acid groups (broad SMARTS) is 1. The standard InChI is InChI=1S/C31H47N3O4/c1-4-5-6-7-8-9-10-11-12-13-14-15-16-17-18-26(31(37)38)24-29(35)32-27-19-21-28(22-20-27)34-30(36)23-25(2)33(34)3/h16-17,19-23,26H,4-15,18,24H2,1-3H3,(H,32,35)(H,37,38)/b17-16+. The lowest BCUT2D eigenvalue weighted by Gasteiger charge is -2.12. The van der Waals surface area contributed by atoms with Crippen molar-refractivity contribution in [1.29, 1.82) is 0 Å². The van der Waals surface area contributed by atoms with Crippen LogP contribution in [0, 0.1) is 12.8 Å². The third kappa shape index (κ3) is 11.1. The average Bonchev–Trinajstić information content (AvgIpc) is 3.14. The van der Waals surface area contributed by atoms with Crippen molar-refractivity contribution < 1.29 is 14.7 Å². The van der Waals surface area contributed by atoms with E-state index in [1.54, 1.807) is 39.7 Å². The lowest BCUT2D eigenvalue weighted by atomic mass is 10.00. The maximum Gasteiger partial charge on any atom is 0.307 e. The van der Waals surface area contributed by atoms with Gasteiger partial charge in [-0.25, -0.2) is 4.68 Å². The maximum absolute atomic E-state index is 12.5. The molecule has 38 heavy (non-hydrogen) atoms. The number of amides is 1. The minimum atomic E-state index is -0.965. The van der Waals surface area contributed by atoms with Gasteiger partial charge in [-0.2, -0.15) is 0 Å². The molecular weight excluding hydrogens is 478 g/mol. The fourth-order valence-corrected chi connectivity index (χ4v) is 4.64. The average molecular weight is 526 g/mol. The first-order valence-corrected chi connectivity index (χ1v) is 14.4. The molecule has 210 valence electrons. The lowest BCUT2D eigenvalue weighted by Crippen LogP contribution is -2.22. The summed E-state index contributed by atoms with van der Waals surface area (Å²) in [7, 11) is 1.81. The first-order chi connectivity index (χ1) is 18.3. The van der Waals surface area contributed by atoms with Gasteiger partial charge in [-0.1, -0.05) is 83.3 Å². The molecule has 0 aliphatic rings. The number of hydrogen-bond acceptors (Lipinski definition) is 3. The molecule has 0 aliphatic carbocycles. The summed E-state index contributed by atoms with van der Waals surface area (Å²) in [4.78, 5) is 36.3. The number of rotatable bonds is 19.